The quantitative estimate of drug-likeness (QED) is 0.673. The zero-order chi connectivity index (χ0) is 20.3. The van der Waals surface area contributed by atoms with E-state index in [0.717, 1.165) is 11.3 Å². The first-order valence-corrected chi connectivity index (χ1v) is 11.6. The van der Waals surface area contributed by atoms with Crippen LogP contribution in [0.3, 0.4) is 0 Å². The highest BCUT2D eigenvalue weighted by molar-refractivity contribution is 7.89. The van der Waals surface area contributed by atoms with Crippen LogP contribution in [0.4, 0.5) is 5.13 Å². The van der Waals surface area contributed by atoms with Gasteiger partial charge in [-0.3, -0.25) is 9.78 Å². The third-order valence-electron chi connectivity index (χ3n) is 4.85. The number of thiazole rings is 1. The molecular weight excluding hydrogens is 408 g/mol. The maximum Gasteiger partial charge on any atom is 0.243 e. The number of sulfonamides is 1. The van der Waals surface area contributed by atoms with E-state index in [-0.39, 0.29) is 17.3 Å². The number of hydrogen-bond acceptors (Lipinski definition) is 6. The van der Waals surface area contributed by atoms with Crippen LogP contribution in [0.2, 0.25) is 0 Å². The number of nitrogens with one attached hydrogen (secondary N) is 1. The van der Waals surface area contributed by atoms with E-state index in [1.165, 1.54) is 15.6 Å². The molecule has 0 radical (unpaired) electrons. The number of amides is 1. The molecule has 29 heavy (non-hydrogen) atoms. The average molecular weight is 429 g/mol. The molecular formula is C20H20N4O3S2. The lowest BCUT2D eigenvalue weighted by molar-refractivity contribution is -0.120. The summed E-state index contributed by atoms with van der Waals surface area (Å²) in [5, 5.41) is 5.22. The smallest absolute Gasteiger partial charge is 0.243 e. The van der Waals surface area contributed by atoms with E-state index < -0.39 is 15.9 Å². The van der Waals surface area contributed by atoms with E-state index in [1.54, 1.807) is 42.7 Å². The number of carbonyl (C=O) groups excluding carboxylic acids is 1. The highest BCUT2D eigenvalue weighted by atomic mass is 32.2. The standard InChI is InChI=1S/C20H20N4O3S2/c25-19(23-20-22-18(14-28-20)15-8-10-21-11-9-15)16-5-4-12-24(13-16)29(26,27)17-6-2-1-3-7-17/h1-3,6-11,14,16H,4-5,12-13H2,(H,22,23,25). The topological polar surface area (TPSA) is 92.3 Å². The number of benzene rings is 1. The van der Waals surface area contributed by atoms with Crippen molar-refractivity contribution in [2.75, 3.05) is 18.4 Å². The monoisotopic (exact) mass is 428 g/mol. The van der Waals surface area contributed by atoms with Gasteiger partial charge in [0.05, 0.1) is 16.5 Å². The van der Waals surface area contributed by atoms with Gasteiger partial charge in [0.2, 0.25) is 15.9 Å². The van der Waals surface area contributed by atoms with Crippen molar-refractivity contribution in [2.24, 2.45) is 5.92 Å². The van der Waals surface area contributed by atoms with Crippen LogP contribution in [0.5, 0.6) is 0 Å². The number of pyridine rings is 1. The van der Waals surface area contributed by atoms with Crippen LogP contribution in [0.15, 0.2) is 65.1 Å². The lowest BCUT2D eigenvalue weighted by atomic mass is 9.99. The molecule has 1 fully saturated rings. The van der Waals surface area contributed by atoms with Gasteiger partial charge in [0.1, 0.15) is 0 Å². The summed E-state index contributed by atoms with van der Waals surface area (Å²) >= 11 is 1.34. The van der Waals surface area contributed by atoms with Gasteiger partial charge in [-0.25, -0.2) is 13.4 Å². The van der Waals surface area contributed by atoms with Crippen molar-refractivity contribution in [2.45, 2.75) is 17.7 Å². The zero-order valence-corrected chi connectivity index (χ0v) is 17.2. The van der Waals surface area contributed by atoms with Gasteiger partial charge in [0.15, 0.2) is 5.13 Å². The van der Waals surface area contributed by atoms with Crippen molar-refractivity contribution in [3.05, 3.63) is 60.2 Å². The van der Waals surface area contributed by atoms with Gasteiger partial charge in [0, 0.05) is 36.4 Å². The Morgan fingerprint density at radius 2 is 1.90 bits per heavy atom. The Morgan fingerprint density at radius 3 is 2.66 bits per heavy atom. The van der Waals surface area contributed by atoms with Crippen molar-refractivity contribution in [1.29, 1.82) is 0 Å². The molecule has 7 nitrogen and oxygen atoms in total. The lowest BCUT2D eigenvalue weighted by Crippen LogP contribution is -2.43. The molecule has 1 amide bonds. The fourth-order valence-electron chi connectivity index (χ4n) is 3.31. The third-order valence-corrected chi connectivity index (χ3v) is 7.48. The van der Waals surface area contributed by atoms with E-state index >= 15 is 0 Å². The van der Waals surface area contributed by atoms with Gasteiger partial charge in [-0.05, 0) is 37.1 Å². The van der Waals surface area contributed by atoms with E-state index in [9.17, 15) is 13.2 Å². The number of anilines is 1. The highest BCUT2D eigenvalue weighted by Crippen LogP contribution is 2.27. The minimum atomic E-state index is -3.60. The SMILES string of the molecule is O=C(Nc1nc(-c2ccncc2)cs1)C1CCCN(S(=O)(=O)c2ccccc2)C1. The first-order chi connectivity index (χ1) is 14.0. The zero-order valence-electron chi connectivity index (χ0n) is 15.6. The Balaban J connectivity index is 1.44. The van der Waals surface area contributed by atoms with Crippen molar-refractivity contribution in [3.63, 3.8) is 0 Å². The second-order valence-corrected chi connectivity index (χ2v) is 9.57. The average Bonchev–Trinajstić information content (AvgIpc) is 3.23. The van der Waals surface area contributed by atoms with Gasteiger partial charge >= 0.3 is 0 Å². The van der Waals surface area contributed by atoms with Crippen molar-refractivity contribution >= 4 is 32.4 Å². The largest absolute Gasteiger partial charge is 0.302 e. The van der Waals surface area contributed by atoms with Crippen LogP contribution >= 0.6 is 11.3 Å². The molecule has 4 rings (SSSR count). The van der Waals surface area contributed by atoms with Crippen molar-refractivity contribution < 1.29 is 13.2 Å². The van der Waals surface area contributed by atoms with Crippen LogP contribution in [0.25, 0.3) is 11.3 Å². The molecule has 0 bridgehead atoms. The summed E-state index contributed by atoms with van der Waals surface area (Å²) in [6.07, 6.45) is 4.67. The first-order valence-electron chi connectivity index (χ1n) is 9.26. The molecule has 3 aromatic rings. The molecule has 1 aliphatic heterocycles. The predicted octanol–water partition coefficient (Wildman–Crippen LogP) is 3.24. The Bertz CT molecular complexity index is 1090. The molecule has 3 heterocycles. The molecule has 2 aromatic heterocycles. The van der Waals surface area contributed by atoms with E-state index in [0.29, 0.717) is 24.5 Å². The molecule has 1 aromatic carbocycles. The summed E-state index contributed by atoms with van der Waals surface area (Å²) in [7, 11) is -3.60. The second-order valence-electron chi connectivity index (χ2n) is 6.78. The van der Waals surface area contributed by atoms with Crippen LogP contribution in [0.1, 0.15) is 12.8 Å². The van der Waals surface area contributed by atoms with E-state index in [4.69, 9.17) is 0 Å². The number of nitrogens with zero attached hydrogens (tertiary/aromatic N) is 3. The summed E-state index contributed by atoms with van der Waals surface area (Å²) in [5.41, 5.74) is 1.69. The summed E-state index contributed by atoms with van der Waals surface area (Å²) in [6, 6.07) is 12.0. The predicted molar refractivity (Wildman–Crippen MR) is 112 cm³/mol. The summed E-state index contributed by atoms with van der Waals surface area (Å²) < 4.78 is 27.1. The van der Waals surface area contributed by atoms with Gasteiger partial charge in [0.25, 0.3) is 0 Å². The third kappa shape index (κ3) is 4.36. The Hall–Kier alpha value is -2.62. The highest BCUT2D eigenvalue weighted by Gasteiger charge is 2.33. The Morgan fingerprint density at radius 1 is 1.14 bits per heavy atom. The number of aromatic nitrogens is 2. The normalized spacial score (nSPS) is 17.7. The van der Waals surface area contributed by atoms with Crippen LogP contribution in [-0.4, -0.2) is 41.7 Å². The molecule has 9 heteroatoms. The van der Waals surface area contributed by atoms with Gasteiger partial charge in [-0.15, -0.1) is 11.3 Å². The molecule has 1 N–H and O–H groups in total. The van der Waals surface area contributed by atoms with E-state index in [2.05, 4.69) is 15.3 Å². The fourth-order valence-corrected chi connectivity index (χ4v) is 5.58. The van der Waals surface area contributed by atoms with E-state index in [1.807, 2.05) is 17.5 Å². The molecule has 1 atom stereocenters. The number of carbonyl (C=O) groups is 1. The Kier molecular flexibility index (Phi) is 5.70. The van der Waals surface area contributed by atoms with Crippen molar-refractivity contribution in [1.82, 2.24) is 14.3 Å². The van der Waals surface area contributed by atoms with Crippen molar-refractivity contribution in [3.8, 4) is 11.3 Å². The summed E-state index contributed by atoms with van der Waals surface area (Å²) in [6.45, 7) is 0.593. The maximum absolute atomic E-state index is 12.9. The van der Waals surface area contributed by atoms with Gasteiger partial charge < -0.3 is 5.32 Å². The molecule has 1 aliphatic rings. The molecule has 1 unspecified atom stereocenters. The lowest BCUT2D eigenvalue weighted by Gasteiger charge is -2.31. The summed E-state index contributed by atoms with van der Waals surface area (Å²) in [5.74, 6) is -0.607. The van der Waals surface area contributed by atoms with Crippen LogP contribution in [-0.2, 0) is 14.8 Å². The number of hydrogen-bond donors (Lipinski definition) is 1. The molecule has 150 valence electrons. The number of piperidine rings is 1. The minimum Gasteiger partial charge on any atom is -0.302 e. The number of rotatable bonds is 5. The molecule has 0 aliphatic carbocycles. The van der Waals surface area contributed by atoms with Crippen LogP contribution < -0.4 is 5.32 Å². The fraction of sp³-hybridized carbons (Fsp3) is 0.250. The maximum atomic E-state index is 12.9. The molecule has 0 spiro atoms. The minimum absolute atomic E-state index is 0.172. The van der Waals surface area contributed by atoms with Gasteiger partial charge in [-0.1, -0.05) is 18.2 Å². The summed E-state index contributed by atoms with van der Waals surface area (Å²) in [4.78, 5) is 21.4. The van der Waals surface area contributed by atoms with Crippen LogP contribution in [0, 0.1) is 5.92 Å². The molecule has 1 saturated heterocycles. The Labute approximate surface area is 173 Å². The first kappa shape index (κ1) is 19.7. The second kappa shape index (κ2) is 8.40. The van der Waals surface area contributed by atoms with Gasteiger partial charge in [-0.2, -0.15) is 4.31 Å². The molecule has 0 saturated carbocycles.